The van der Waals surface area contributed by atoms with Crippen LogP contribution in [-0.4, -0.2) is 31.3 Å². The molecular weight excluding hydrogens is 280 g/mol. The summed E-state index contributed by atoms with van der Waals surface area (Å²) in [6.07, 6.45) is 0. The second-order valence-corrected chi connectivity index (χ2v) is 5.29. The lowest BCUT2D eigenvalue weighted by atomic mass is 10.2. The average molecular weight is 303 g/mol. The van der Waals surface area contributed by atoms with Crippen LogP contribution in [-0.2, 0) is 9.53 Å². The van der Waals surface area contributed by atoms with Crippen LogP contribution < -0.4 is 15.8 Å². The fourth-order valence-corrected chi connectivity index (χ4v) is 1.45. The highest BCUT2D eigenvalue weighted by Crippen LogP contribution is 2.20. The molecule has 0 aromatic heterocycles. The molecule has 1 amide bonds. The van der Waals surface area contributed by atoms with Gasteiger partial charge in [0.2, 0.25) is 5.91 Å². The van der Waals surface area contributed by atoms with Crippen LogP contribution in [0.15, 0.2) is 24.3 Å². The van der Waals surface area contributed by atoms with Gasteiger partial charge in [0.15, 0.2) is 0 Å². The Bertz CT molecular complexity index is 415. The molecule has 0 saturated heterocycles. The van der Waals surface area contributed by atoms with Gasteiger partial charge < -0.3 is 20.5 Å². The van der Waals surface area contributed by atoms with E-state index < -0.39 is 6.04 Å². The van der Waals surface area contributed by atoms with E-state index in [4.69, 9.17) is 15.2 Å². The minimum Gasteiger partial charge on any atom is -0.488 e. The summed E-state index contributed by atoms with van der Waals surface area (Å²) < 4.78 is 10.5. The minimum absolute atomic E-state index is 0. The van der Waals surface area contributed by atoms with Gasteiger partial charge in [0.1, 0.15) is 17.4 Å². The number of anilines is 1. The second kappa shape index (κ2) is 8.09. The summed E-state index contributed by atoms with van der Waals surface area (Å²) >= 11 is 0. The molecule has 5 nitrogen and oxygen atoms in total. The molecule has 0 aliphatic rings. The van der Waals surface area contributed by atoms with Gasteiger partial charge in [-0.3, -0.25) is 4.79 Å². The van der Waals surface area contributed by atoms with Crippen LogP contribution in [0.4, 0.5) is 5.69 Å². The number of nitrogens with two attached hydrogens (primary N) is 1. The first-order valence-corrected chi connectivity index (χ1v) is 6.16. The summed E-state index contributed by atoms with van der Waals surface area (Å²) in [5.74, 6) is 0.484. The molecule has 0 spiro atoms. The number of benzene rings is 1. The number of rotatable bonds is 5. The maximum Gasteiger partial charge on any atom is 0.243 e. The largest absolute Gasteiger partial charge is 0.488 e. The normalized spacial score (nSPS) is 12.2. The van der Waals surface area contributed by atoms with E-state index in [1.165, 1.54) is 7.11 Å². The van der Waals surface area contributed by atoms with Gasteiger partial charge in [-0.25, -0.2) is 0 Å². The van der Waals surface area contributed by atoms with Crippen molar-refractivity contribution in [3.05, 3.63) is 24.3 Å². The number of carbonyl (C=O) groups is 1. The van der Waals surface area contributed by atoms with Crippen molar-refractivity contribution in [3.63, 3.8) is 0 Å². The SMILES string of the molecule is COCC(N)C(=O)Nc1ccc(OC(C)(C)C)cc1.Cl. The third-order valence-electron chi connectivity index (χ3n) is 2.23. The number of ether oxygens (including phenoxy) is 2. The van der Waals surface area contributed by atoms with Crippen molar-refractivity contribution in [1.29, 1.82) is 0 Å². The van der Waals surface area contributed by atoms with E-state index in [0.29, 0.717) is 5.69 Å². The Morgan fingerprint density at radius 1 is 1.30 bits per heavy atom. The van der Waals surface area contributed by atoms with Gasteiger partial charge in [-0.05, 0) is 45.0 Å². The standard InChI is InChI=1S/C14H22N2O3.ClH/c1-14(2,3)19-11-7-5-10(6-8-11)16-13(17)12(15)9-18-4;/h5-8,12H,9,15H2,1-4H3,(H,16,17);1H. The smallest absolute Gasteiger partial charge is 0.243 e. The monoisotopic (exact) mass is 302 g/mol. The van der Waals surface area contributed by atoms with Gasteiger partial charge in [0.25, 0.3) is 0 Å². The summed E-state index contributed by atoms with van der Waals surface area (Å²) in [5, 5.41) is 2.72. The van der Waals surface area contributed by atoms with Crippen molar-refractivity contribution in [1.82, 2.24) is 0 Å². The molecule has 1 rings (SSSR count). The summed E-state index contributed by atoms with van der Waals surface area (Å²) in [5.41, 5.74) is 6.06. The first-order chi connectivity index (χ1) is 8.81. The molecular formula is C14H23ClN2O3. The Balaban J connectivity index is 0.00000361. The Morgan fingerprint density at radius 3 is 2.30 bits per heavy atom. The quantitative estimate of drug-likeness (QED) is 0.874. The highest BCUT2D eigenvalue weighted by molar-refractivity contribution is 5.94. The van der Waals surface area contributed by atoms with Crippen molar-refractivity contribution in [3.8, 4) is 5.75 Å². The van der Waals surface area contributed by atoms with E-state index in [0.717, 1.165) is 5.75 Å². The molecule has 3 N–H and O–H groups in total. The lowest BCUT2D eigenvalue weighted by Crippen LogP contribution is -2.39. The van der Waals surface area contributed by atoms with Crippen LogP contribution in [0.2, 0.25) is 0 Å². The van der Waals surface area contributed by atoms with Crippen LogP contribution >= 0.6 is 12.4 Å². The molecule has 0 aliphatic heterocycles. The molecule has 0 heterocycles. The van der Waals surface area contributed by atoms with Crippen molar-refractivity contribution in [2.75, 3.05) is 19.0 Å². The fourth-order valence-electron chi connectivity index (χ4n) is 1.45. The highest BCUT2D eigenvalue weighted by atomic mass is 35.5. The first-order valence-electron chi connectivity index (χ1n) is 6.16. The molecule has 0 aliphatic carbocycles. The Hall–Kier alpha value is -1.30. The summed E-state index contributed by atoms with van der Waals surface area (Å²) in [6.45, 7) is 6.13. The summed E-state index contributed by atoms with van der Waals surface area (Å²) in [4.78, 5) is 11.7. The van der Waals surface area contributed by atoms with Gasteiger partial charge in [-0.1, -0.05) is 0 Å². The highest BCUT2D eigenvalue weighted by Gasteiger charge is 2.14. The lowest BCUT2D eigenvalue weighted by Gasteiger charge is -2.21. The van der Waals surface area contributed by atoms with Gasteiger partial charge in [-0.15, -0.1) is 12.4 Å². The van der Waals surface area contributed by atoms with Gasteiger partial charge in [0.05, 0.1) is 6.61 Å². The van der Waals surface area contributed by atoms with Crippen molar-refractivity contribution >= 4 is 24.0 Å². The molecule has 1 atom stereocenters. The molecule has 20 heavy (non-hydrogen) atoms. The van der Waals surface area contributed by atoms with Crippen LogP contribution in [0, 0.1) is 0 Å². The number of carbonyl (C=O) groups excluding carboxylic acids is 1. The van der Waals surface area contributed by atoms with Crippen LogP contribution in [0.3, 0.4) is 0 Å². The third kappa shape index (κ3) is 6.75. The second-order valence-electron chi connectivity index (χ2n) is 5.29. The maximum absolute atomic E-state index is 11.7. The molecule has 0 saturated carbocycles. The molecule has 1 aromatic rings. The molecule has 1 aromatic carbocycles. The molecule has 114 valence electrons. The minimum atomic E-state index is -0.671. The van der Waals surface area contributed by atoms with Crippen LogP contribution in [0.5, 0.6) is 5.75 Å². The first kappa shape index (κ1) is 18.7. The van der Waals surface area contributed by atoms with Crippen LogP contribution in [0.1, 0.15) is 20.8 Å². The Morgan fingerprint density at radius 2 is 1.85 bits per heavy atom. The Kier molecular flexibility index (Phi) is 7.57. The number of methoxy groups -OCH3 is 1. The van der Waals surface area contributed by atoms with Gasteiger partial charge in [-0.2, -0.15) is 0 Å². The Labute approximate surface area is 126 Å². The van der Waals surface area contributed by atoms with Crippen molar-refractivity contribution in [2.24, 2.45) is 5.73 Å². The van der Waals surface area contributed by atoms with E-state index >= 15 is 0 Å². The number of hydrogen-bond acceptors (Lipinski definition) is 4. The van der Waals surface area contributed by atoms with E-state index in [9.17, 15) is 4.79 Å². The van der Waals surface area contributed by atoms with Crippen molar-refractivity contribution < 1.29 is 14.3 Å². The zero-order chi connectivity index (χ0) is 14.5. The topological polar surface area (TPSA) is 73.6 Å². The zero-order valence-electron chi connectivity index (χ0n) is 12.3. The van der Waals surface area contributed by atoms with Crippen molar-refractivity contribution in [2.45, 2.75) is 32.4 Å². The van der Waals surface area contributed by atoms with Crippen LogP contribution in [0.25, 0.3) is 0 Å². The fraction of sp³-hybridized carbons (Fsp3) is 0.500. The average Bonchev–Trinajstić information content (AvgIpc) is 2.30. The number of hydrogen-bond donors (Lipinski definition) is 2. The van der Waals surface area contributed by atoms with Gasteiger partial charge in [0, 0.05) is 12.8 Å². The predicted molar refractivity (Wildman–Crippen MR) is 82.6 cm³/mol. The van der Waals surface area contributed by atoms with E-state index in [2.05, 4.69) is 5.32 Å². The number of amides is 1. The molecule has 6 heteroatoms. The number of nitrogens with one attached hydrogen (secondary N) is 1. The third-order valence-corrected chi connectivity index (χ3v) is 2.23. The summed E-state index contributed by atoms with van der Waals surface area (Å²) in [6, 6.07) is 6.50. The molecule has 1 unspecified atom stereocenters. The van der Waals surface area contributed by atoms with E-state index in [1.54, 1.807) is 12.1 Å². The predicted octanol–water partition coefficient (Wildman–Crippen LogP) is 2.20. The van der Waals surface area contributed by atoms with E-state index in [1.807, 2.05) is 32.9 Å². The molecule has 0 radical (unpaired) electrons. The zero-order valence-corrected chi connectivity index (χ0v) is 13.1. The number of halogens is 1. The molecule has 0 fully saturated rings. The van der Waals surface area contributed by atoms with Gasteiger partial charge >= 0.3 is 0 Å². The maximum atomic E-state index is 11.7. The molecule has 0 bridgehead atoms. The van der Waals surface area contributed by atoms with E-state index in [-0.39, 0.29) is 30.5 Å². The lowest BCUT2D eigenvalue weighted by molar-refractivity contribution is -0.118. The summed E-state index contributed by atoms with van der Waals surface area (Å²) in [7, 11) is 1.51.